The number of aryl methyl sites for hydroxylation is 2. The normalized spacial score (nSPS) is 13.9. The summed E-state index contributed by atoms with van der Waals surface area (Å²) >= 11 is 6.02. The second-order valence-corrected chi connectivity index (χ2v) is 7.65. The molecule has 30 heavy (non-hydrogen) atoms. The van der Waals surface area contributed by atoms with Crippen molar-refractivity contribution >= 4 is 34.7 Å². The number of benzene rings is 2. The maximum absolute atomic E-state index is 13.3. The maximum atomic E-state index is 13.3. The number of anilines is 1. The van der Waals surface area contributed by atoms with Crippen molar-refractivity contribution < 1.29 is 9.59 Å². The molecule has 2 amide bonds. The zero-order valence-corrected chi connectivity index (χ0v) is 17.4. The first-order chi connectivity index (χ1) is 14.4. The van der Waals surface area contributed by atoms with Crippen LogP contribution in [0.4, 0.5) is 5.69 Å². The van der Waals surface area contributed by atoms with Gasteiger partial charge in [0.25, 0.3) is 11.8 Å². The number of carbonyl (C=O) groups is 2. The van der Waals surface area contributed by atoms with Gasteiger partial charge in [-0.25, -0.2) is 0 Å². The van der Waals surface area contributed by atoms with Crippen LogP contribution in [-0.4, -0.2) is 21.7 Å². The van der Waals surface area contributed by atoms with E-state index in [0.29, 0.717) is 21.9 Å². The number of hydrogen-bond acceptors (Lipinski definition) is 4. The van der Waals surface area contributed by atoms with Gasteiger partial charge in [-0.3, -0.25) is 19.5 Å². The van der Waals surface area contributed by atoms with Crippen molar-refractivity contribution in [3.8, 4) is 0 Å². The topological polar surface area (TPSA) is 62.3 Å². The number of halogens is 1. The van der Waals surface area contributed by atoms with Crippen molar-refractivity contribution in [2.45, 2.75) is 20.4 Å². The minimum atomic E-state index is -0.378. The molecule has 150 valence electrons. The van der Waals surface area contributed by atoms with E-state index in [9.17, 15) is 9.59 Å². The molecule has 5 nitrogen and oxygen atoms in total. The van der Waals surface area contributed by atoms with Gasteiger partial charge in [-0.2, -0.15) is 0 Å². The van der Waals surface area contributed by atoms with Gasteiger partial charge in [-0.1, -0.05) is 41.9 Å². The number of carbonyl (C=O) groups excluding carboxylic acids is 2. The molecule has 0 fully saturated rings. The lowest BCUT2D eigenvalue weighted by atomic mass is 10.0. The maximum Gasteiger partial charge on any atom is 0.278 e. The van der Waals surface area contributed by atoms with E-state index in [1.807, 2.05) is 38.1 Å². The van der Waals surface area contributed by atoms with Gasteiger partial charge in [0.15, 0.2) is 0 Å². The number of amides is 2. The number of hydrogen-bond donors (Lipinski definition) is 1. The second kappa shape index (κ2) is 8.13. The first-order valence-electron chi connectivity index (χ1n) is 9.54. The Morgan fingerprint density at radius 3 is 2.43 bits per heavy atom. The lowest BCUT2D eigenvalue weighted by Crippen LogP contribution is -2.32. The summed E-state index contributed by atoms with van der Waals surface area (Å²) < 4.78 is 0. The highest BCUT2D eigenvalue weighted by Gasteiger charge is 2.39. The standard InChI is InChI=1S/C24H20ClN3O2/c1-15-6-7-16(2)20(13-15)27-22-21(17-8-10-18(25)11-9-17)23(29)28(24(22)30)14-19-5-3-4-12-26-19/h3-13,27H,14H2,1-2H3. The van der Waals surface area contributed by atoms with E-state index in [-0.39, 0.29) is 24.1 Å². The average Bonchev–Trinajstić information content (AvgIpc) is 2.96. The van der Waals surface area contributed by atoms with E-state index in [0.717, 1.165) is 16.8 Å². The third kappa shape index (κ3) is 3.84. The fourth-order valence-electron chi connectivity index (χ4n) is 3.38. The first kappa shape index (κ1) is 19.9. The summed E-state index contributed by atoms with van der Waals surface area (Å²) in [5, 5.41) is 3.78. The Morgan fingerprint density at radius 2 is 1.73 bits per heavy atom. The highest BCUT2D eigenvalue weighted by Crippen LogP contribution is 2.32. The first-order valence-corrected chi connectivity index (χ1v) is 9.92. The molecule has 0 bridgehead atoms. The third-order valence-corrected chi connectivity index (χ3v) is 5.25. The van der Waals surface area contributed by atoms with Gasteiger partial charge in [-0.15, -0.1) is 0 Å². The summed E-state index contributed by atoms with van der Waals surface area (Å²) in [6.45, 7) is 4.04. The molecule has 0 spiro atoms. The van der Waals surface area contributed by atoms with Gasteiger partial charge in [0.05, 0.1) is 17.8 Å². The van der Waals surface area contributed by atoms with Gasteiger partial charge >= 0.3 is 0 Å². The average molecular weight is 418 g/mol. The fraction of sp³-hybridized carbons (Fsp3) is 0.125. The molecule has 1 aliphatic rings. The molecule has 6 heteroatoms. The molecule has 2 aromatic carbocycles. The molecule has 0 saturated heterocycles. The van der Waals surface area contributed by atoms with Crippen LogP contribution in [0.3, 0.4) is 0 Å². The van der Waals surface area contributed by atoms with Crippen LogP contribution in [0.15, 0.2) is 72.6 Å². The monoisotopic (exact) mass is 417 g/mol. The van der Waals surface area contributed by atoms with Crippen LogP contribution in [0, 0.1) is 13.8 Å². The molecule has 0 aliphatic carbocycles. The van der Waals surface area contributed by atoms with Gasteiger partial charge in [0, 0.05) is 16.9 Å². The lowest BCUT2D eigenvalue weighted by Gasteiger charge is -2.15. The molecule has 1 aromatic heterocycles. The smallest absolute Gasteiger partial charge is 0.278 e. The van der Waals surface area contributed by atoms with E-state index in [1.54, 1.807) is 42.6 Å². The van der Waals surface area contributed by atoms with Crippen LogP contribution in [0.2, 0.25) is 5.02 Å². The van der Waals surface area contributed by atoms with Crippen molar-refractivity contribution in [1.82, 2.24) is 9.88 Å². The Morgan fingerprint density at radius 1 is 0.967 bits per heavy atom. The van der Waals surface area contributed by atoms with E-state index in [2.05, 4.69) is 10.3 Å². The molecule has 0 atom stereocenters. The van der Waals surface area contributed by atoms with Crippen molar-refractivity contribution in [2.24, 2.45) is 0 Å². The Bertz CT molecular complexity index is 1150. The van der Waals surface area contributed by atoms with Gasteiger partial charge in [0.1, 0.15) is 5.70 Å². The van der Waals surface area contributed by atoms with Crippen LogP contribution in [0.5, 0.6) is 0 Å². The van der Waals surface area contributed by atoms with Crippen molar-refractivity contribution in [2.75, 3.05) is 5.32 Å². The zero-order valence-electron chi connectivity index (χ0n) is 16.6. The second-order valence-electron chi connectivity index (χ2n) is 7.22. The van der Waals surface area contributed by atoms with E-state index < -0.39 is 0 Å². The van der Waals surface area contributed by atoms with Crippen molar-refractivity contribution in [3.05, 3.63) is 100.0 Å². The molecule has 1 N–H and O–H groups in total. The Kier molecular flexibility index (Phi) is 5.38. The minimum Gasteiger partial charge on any atom is -0.350 e. The summed E-state index contributed by atoms with van der Waals surface area (Å²) in [7, 11) is 0. The van der Waals surface area contributed by atoms with Crippen molar-refractivity contribution in [3.63, 3.8) is 0 Å². The van der Waals surface area contributed by atoms with E-state index >= 15 is 0 Å². The third-order valence-electron chi connectivity index (χ3n) is 5.00. The van der Waals surface area contributed by atoms with Crippen LogP contribution in [0.1, 0.15) is 22.4 Å². The number of pyridine rings is 1. The van der Waals surface area contributed by atoms with Gasteiger partial charge < -0.3 is 5.32 Å². The summed E-state index contributed by atoms with van der Waals surface area (Å²) in [5.74, 6) is -0.739. The van der Waals surface area contributed by atoms with Crippen LogP contribution in [-0.2, 0) is 16.1 Å². The Balaban J connectivity index is 1.77. The molecule has 4 rings (SSSR count). The van der Waals surface area contributed by atoms with Crippen LogP contribution < -0.4 is 5.32 Å². The molecule has 3 aromatic rings. The highest BCUT2D eigenvalue weighted by atomic mass is 35.5. The van der Waals surface area contributed by atoms with E-state index in [1.165, 1.54) is 4.90 Å². The molecule has 0 saturated carbocycles. The highest BCUT2D eigenvalue weighted by molar-refractivity contribution is 6.36. The molecule has 2 heterocycles. The number of nitrogens with one attached hydrogen (secondary N) is 1. The number of rotatable bonds is 5. The summed E-state index contributed by atoms with van der Waals surface area (Å²) in [6.07, 6.45) is 1.64. The predicted octanol–water partition coefficient (Wildman–Crippen LogP) is 4.74. The predicted molar refractivity (Wildman–Crippen MR) is 118 cm³/mol. The molecular weight excluding hydrogens is 398 g/mol. The largest absolute Gasteiger partial charge is 0.350 e. The van der Waals surface area contributed by atoms with Crippen molar-refractivity contribution in [1.29, 1.82) is 0 Å². The van der Waals surface area contributed by atoms with E-state index in [4.69, 9.17) is 11.6 Å². The quantitative estimate of drug-likeness (QED) is 0.609. The molecule has 1 aliphatic heterocycles. The summed E-state index contributed by atoms with van der Waals surface area (Å²) in [5.41, 5.74) is 4.68. The zero-order chi connectivity index (χ0) is 21.3. The molecular formula is C24H20ClN3O2. The Hall–Kier alpha value is -3.44. The van der Waals surface area contributed by atoms with Gasteiger partial charge in [-0.05, 0) is 60.9 Å². The number of imide groups is 1. The van der Waals surface area contributed by atoms with Crippen LogP contribution in [0.25, 0.3) is 5.57 Å². The summed E-state index contributed by atoms with van der Waals surface area (Å²) in [4.78, 5) is 32.1. The number of nitrogens with zero attached hydrogens (tertiary/aromatic N) is 2. The van der Waals surface area contributed by atoms with Gasteiger partial charge in [0.2, 0.25) is 0 Å². The number of aromatic nitrogens is 1. The summed E-state index contributed by atoms with van der Waals surface area (Å²) in [6, 6.07) is 18.3. The molecule has 0 radical (unpaired) electrons. The minimum absolute atomic E-state index is 0.105. The SMILES string of the molecule is Cc1ccc(C)c(NC2=C(c3ccc(Cl)cc3)C(=O)N(Cc3ccccn3)C2=O)c1. The Labute approximate surface area is 180 Å². The fourth-order valence-corrected chi connectivity index (χ4v) is 3.50. The lowest BCUT2D eigenvalue weighted by molar-refractivity contribution is -0.137. The van der Waals surface area contributed by atoms with Crippen LogP contribution >= 0.6 is 11.6 Å². The molecule has 0 unspecified atom stereocenters.